The lowest BCUT2D eigenvalue weighted by Gasteiger charge is -2.20. The van der Waals surface area contributed by atoms with Crippen LogP contribution in [0, 0.1) is 12.8 Å². The molecule has 2 atom stereocenters. The molecular weight excluding hydrogens is 578 g/mol. The first-order valence-electron chi connectivity index (χ1n) is 15.1. The predicted octanol–water partition coefficient (Wildman–Crippen LogP) is 1.46. The first kappa shape index (κ1) is 29.9. The molecule has 1 saturated heterocycles. The van der Waals surface area contributed by atoms with Gasteiger partial charge in [-0.25, -0.2) is 4.68 Å². The van der Waals surface area contributed by atoms with E-state index in [0.29, 0.717) is 43.3 Å². The quantitative estimate of drug-likeness (QED) is 0.351. The number of pyridine rings is 1. The number of hydrogen-bond donors (Lipinski definition) is 1. The zero-order valence-corrected chi connectivity index (χ0v) is 25.3. The van der Waals surface area contributed by atoms with Gasteiger partial charge in [-0.05, 0) is 31.0 Å². The first-order chi connectivity index (χ1) is 21.8. The molecule has 0 aliphatic carbocycles. The van der Waals surface area contributed by atoms with Crippen LogP contribution in [0.15, 0.2) is 58.1 Å². The topological polar surface area (TPSA) is 161 Å². The van der Waals surface area contributed by atoms with Gasteiger partial charge in [0.05, 0.1) is 18.8 Å². The number of benzene rings is 1. The lowest BCUT2D eigenvalue weighted by atomic mass is 9.99. The number of amides is 3. The number of carbonyl (C=O) groups excluding carboxylic acids is 3. The minimum Gasteiger partial charge on any atom is -0.354 e. The van der Waals surface area contributed by atoms with Crippen molar-refractivity contribution in [1.29, 1.82) is 0 Å². The number of hydrogen-bond acceptors (Lipinski definition) is 9. The molecule has 1 N–H and O–H groups in total. The van der Waals surface area contributed by atoms with Gasteiger partial charge in [-0.15, -0.1) is 5.10 Å². The van der Waals surface area contributed by atoms with Gasteiger partial charge in [-0.3, -0.25) is 19.2 Å². The lowest BCUT2D eigenvalue weighted by molar-refractivity contribution is -0.130. The highest BCUT2D eigenvalue weighted by molar-refractivity contribution is 5.93. The van der Waals surface area contributed by atoms with Crippen LogP contribution in [0.4, 0.5) is 0 Å². The third-order valence-corrected chi connectivity index (χ3v) is 8.44. The molecule has 0 saturated carbocycles. The molecule has 1 aromatic carbocycles. The fraction of sp³-hybridized carbons (Fsp3) is 0.419. The fourth-order valence-electron chi connectivity index (χ4n) is 5.92. The number of aromatic nitrogens is 6. The Bertz CT molecular complexity index is 1780. The van der Waals surface area contributed by atoms with E-state index < -0.39 is 11.5 Å². The van der Waals surface area contributed by atoms with Crippen molar-refractivity contribution in [1.82, 2.24) is 44.8 Å². The summed E-state index contributed by atoms with van der Waals surface area (Å²) in [5, 5.41) is 15.6. The summed E-state index contributed by atoms with van der Waals surface area (Å²) < 4.78 is 8.55. The van der Waals surface area contributed by atoms with E-state index in [-0.39, 0.29) is 61.8 Å². The normalized spacial score (nSPS) is 19.0. The Balaban J connectivity index is 1.14. The van der Waals surface area contributed by atoms with Crippen LogP contribution in [0.3, 0.4) is 0 Å². The van der Waals surface area contributed by atoms with Crippen LogP contribution in [0.1, 0.15) is 52.8 Å². The largest absolute Gasteiger partial charge is 0.354 e. The maximum absolute atomic E-state index is 13.3. The summed E-state index contributed by atoms with van der Waals surface area (Å²) in [6, 6.07) is 10.7. The van der Waals surface area contributed by atoms with E-state index in [1.807, 2.05) is 31.2 Å². The minimum atomic E-state index is -0.428. The third kappa shape index (κ3) is 6.54. The second kappa shape index (κ2) is 12.8. The SMILES string of the molecule is Cc1ccccc1-c1noc(CCCC(=O)N2C[C@@H]3CC(=O)NCCN(C)C(=O)c4cccn(c4=O)Cc4cn(nn4)[C@@H]3C2)n1. The van der Waals surface area contributed by atoms with Crippen molar-refractivity contribution in [2.45, 2.75) is 45.2 Å². The molecule has 2 aliphatic heterocycles. The van der Waals surface area contributed by atoms with Gasteiger partial charge in [-0.2, -0.15) is 4.98 Å². The average molecular weight is 614 g/mol. The molecule has 4 bridgehead atoms. The Morgan fingerprint density at radius 2 is 1.91 bits per heavy atom. The Labute approximate surface area is 259 Å². The standard InChI is InChI=1S/C31H35N9O5/c1-20-7-3-4-8-23(20)29-33-27(45-35-29)10-5-11-28(42)39-16-21-15-26(41)32-12-14-37(2)30(43)24-9-6-13-38(31(24)44)17-22-18-40(36-34-22)25(21)19-39/h3-4,6-9,13,18,21,25H,5,10-12,14-17,19H2,1-2H3,(H,32,41)/t21-,25+/m0/s1. The van der Waals surface area contributed by atoms with Crippen LogP contribution < -0.4 is 10.9 Å². The second-order valence-corrected chi connectivity index (χ2v) is 11.6. The number of fused-ring (bicyclic) bond motifs is 6. The van der Waals surface area contributed by atoms with Crippen LogP contribution >= 0.6 is 0 Å². The number of rotatable bonds is 5. The van der Waals surface area contributed by atoms with Gasteiger partial charge >= 0.3 is 0 Å². The highest BCUT2D eigenvalue weighted by Crippen LogP contribution is 2.31. The molecule has 14 nitrogen and oxygen atoms in total. The zero-order chi connectivity index (χ0) is 31.5. The summed E-state index contributed by atoms with van der Waals surface area (Å²) in [7, 11) is 1.60. The summed E-state index contributed by atoms with van der Waals surface area (Å²) >= 11 is 0. The van der Waals surface area contributed by atoms with Gasteiger partial charge in [0.1, 0.15) is 11.3 Å². The minimum absolute atomic E-state index is 0.0312. The zero-order valence-electron chi connectivity index (χ0n) is 25.3. The molecule has 3 aromatic heterocycles. The summed E-state index contributed by atoms with van der Waals surface area (Å²) in [5.41, 5.74) is 2.10. The Morgan fingerprint density at radius 3 is 2.76 bits per heavy atom. The van der Waals surface area contributed by atoms with Crippen LogP contribution in [-0.2, 0) is 22.6 Å². The third-order valence-electron chi connectivity index (χ3n) is 8.44. The van der Waals surface area contributed by atoms with Crippen molar-refractivity contribution in [3.05, 3.63) is 81.9 Å². The molecule has 0 spiro atoms. The average Bonchev–Trinajstić information content (AvgIpc) is 3.78. The maximum atomic E-state index is 13.3. The summed E-state index contributed by atoms with van der Waals surface area (Å²) in [5.74, 6) is 0.171. The molecule has 2 aliphatic rings. The Kier molecular flexibility index (Phi) is 8.54. The second-order valence-electron chi connectivity index (χ2n) is 11.6. The smallest absolute Gasteiger partial charge is 0.263 e. The lowest BCUT2D eigenvalue weighted by Crippen LogP contribution is -2.39. The predicted molar refractivity (Wildman–Crippen MR) is 161 cm³/mol. The number of aryl methyl sites for hydroxylation is 2. The van der Waals surface area contributed by atoms with Crippen molar-refractivity contribution in [3.8, 4) is 11.4 Å². The number of nitrogens with zero attached hydrogens (tertiary/aromatic N) is 8. The molecule has 234 valence electrons. The Hall–Kier alpha value is -5.14. The number of carbonyl (C=O) groups is 3. The number of likely N-dealkylation sites (tertiary alicyclic amines) is 1. The molecule has 0 unspecified atom stereocenters. The maximum Gasteiger partial charge on any atom is 0.263 e. The van der Waals surface area contributed by atoms with E-state index in [9.17, 15) is 19.2 Å². The summed E-state index contributed by atoms with van der Waals surface area (Å²) in [6.07, 6.45) is 4.83. The van der Waals surface area contributed by atoms with Crippen molar-refractivity contribution >= 4 is 17.7 Å². The van der Waals surface area contributed by atoms with Crippen LogP contribution in [0.25, 0.3) is 11.4 Å². The van der Waals surface area contributed by atoms with Crippen molar-refractivity contribution < 1.29 is 18.9 Å². The molecule has 0 radical (unpaired) electrons. The fourth-order valence-corrected chi connectivity index (χ4v) is 5.92. The molecule has 4 aromatic rings. The molecule has 6 rings (SSSR count). The molecular formula is C31H35N9O5. The van der Waals surface area contributed by atoms with Crippen molar-refractivity contribution in [2.24, 2.45) is 5.92 Å². The van der Waals surface area contributed by atoms with Crippen molar-refractivity contribution in [3.63, 3.8) is 0 Å². The van der Waals surface area contributed by atoms with Gasteiger partial charge < -0.3 is 24.2 Å². The highest BCUT2D eigenvalue weighted by atomic mass is 16.5. The number of likely N-dealkylation sites (N-methyl/N-ethyl adjacent to an activating group) is 1. The van der Waals surface area contributed by atoms with Gasteiger partial charge in [-0.1, -0.05) is 34.6 Å². The van der Waals surface area contributed by atoms with Gasteiger partial charge in [0.15, 0.2) is 0 Å². The van der Waals surface area contributed by atoms with Crippen LogP contribution in [0.2, 0.25) is 0 Å². The van der Waals surface area contributed by atoms with E-state index in [2.05, 4.69) is 25.8 Å². The molecule has 1 fully saturated rings. The van der Waals surface area contributed by atoms with E-state index in [1.165, 1.54) is 15.5 Å². The molecule has 3 amide bonds. The highest BCUT2D eigenvalue weighted by Gasteiger charge is 2.38. The Morgan fingerprint density at radius 1 is 1.09 bits per heavy atom. The van der Waals surface area contributed by atoms with E-state index in [1.54, 1.807) is 35.1 Å². The first-order valence-corrected chi connectivity index (χ1v) is 15.1. The van der Waals surface area contributed by atoms with E-state index in [4.69, 9.17) is 4.52 Å². The van der Waals surface area contributed by atoms with Crippen molar-refractivity contribution in [2.75, 3.05) is 33.2 Å². The van der Waals surface area contributed by atoms with Gasteiger partial charge in [0.25, 0.3) is 11.5 Å². The van der Waals surface area contributed by atoms with Gasteiger partial charge in [0.2, 0.25) is 23.5 Å². The number of nitrogens with one attached hydrogen (secondary N) is 1. The molecule has 14 heteroatoms. The molecule has 45 heavy (non-hydrogen) atoms. The summed E-state index contributed by atoms with van der Waals surface area (Å²) in [6.45, 7) is 3.37. The van der Waals surface area contributed by atoms with E-state index in [0.717, 1.165) is 11.1 Å². The van der Waals surface area contributed by atoms with E-state index >= 15 is 0 Å². The molecule has 5 heterocycles. The monoisotopic (exact) mass is 613 g/mol. The van der Waals surface area contributed by atoms with Crippen LogP contribution in [-0.4, -0.2) is 90.4 Å². The van der Waals surface area contributed by atoms with Crippen LogP contribution in [0.5, 0.6) is 0 Å². The van der Waals surface area contributed by atoms with Gasteiger partial charge in [0, 0.05) is 70.2 Å². The summed E-state index contributed by atoms with van der Waals surface area (Å²) in [4.78, 5) is 60.0.